The van der Waals surface area contributed by atoms with Gasteiger partial charge in [0, 0.05) is 46.2 Å². The first-order valence-electron chi connectivity index (χ1n) is 11.8. The van der Waals surface area contributed by atoms with E-state index in [1.165, 1.54) is 0 Å². The predicted octanol–water partition coefficient (Wildman–Crippen LogP) is 5.94. The van der Waals surface area contributed by atoms with Crippen LogP contribution in [0, 0.1) is 0 Å². The van der Waals surface area contributed by atoms with E-state index in [0.29, 0.717) is 28.4 Å². The lowest BCUT2D eigenvalue weighted by atomic mass is 10.1. The summed E-state index contributed by atoms with van der Waals surface area (Å²) in [7, 11) is 0. The Morgan fingerprint density at radius 2 is 1.79 bits per heavy atom. The maximum atomic E-state index is 12.6. The van der Waals surface area contributed by atoms with Crippen LogP contribution in [0.5, 0.6) is 0 Å². The van der Waals surface area contributed by atoms with Crippen molar-refractivity contribution in [3.05, 3.63) is 95.7 Å². The lowest BCUT2D eigenvalue weighted by Crippen LogP contribution is -2.11. The molecule has 6 heterocycles. The Labute approximate surface area is 219 Å². The molecule has 0 aliphatic rings. The van der Waals surface area contributed by atoms with E-state index in [0.717, 1.165) is 38.8 Å². The van der Waals surface area contributed by atoms with Crippen LogP contribution in [0.25, 0.3) is 56.0 Å². The van der Waals surface area contributed by atoms with Crippen molar-refractivity contribution in [2.75, 3.05) is 5.32 Å². The molecule has 0 bridgehead atoms. The van der Waals surface area contributed by atoms with Crippen molar-refractivity contribution in [3.63, 3.8) is 0 Å². The molecule has 1 aromatic carbocycles. The Hall–Kier alpha value is -5.22. The molecule has 0 aliphatic heterocycles. The second kappa shape index (κ2) is 9.02. The molecular formula is C28H18N8OS. The molecule has 6 aromatic heterocycles. The van der Waals surface area contributed by atoms with Gasteiger partial charge in [0.2, 0.25) is 0 Å². The van der Waals surface area contributed by atoms with Crippen LogP contribution in [0.15, 0.2) is 90.1 Å². The highest BCUT2D eigenvalue weighted by molar-refractivity contribution is 7.08. The number of carbonyl (C=O) groups excluding carboxylic acids is 1. The number of aromatic nitrogens is 7. The highest BCUT2D eigenvalue weighted by atomic mass is 32.1. The first-order valence-corrected chi connectivity index (χ1v) is 12.7. The van der Waals surface area contributed by atoms with Crippen LogP contribution in [0.4, 0.5) is 5.69 Å². The molecule has 7 aromatic rings. The second-order valence-corrected chi connectivity index (χ2v) is 9.41. The molecule has 1 amide bonds. The van der Waals surface area contributed by atoms with Gasteiger partial charge in [-0.1, -0.05) is 18.2 Å². The van der Waals surface area contributed by atoms with Crippen molar-refractivity contribution in [3.8, 4) is 33.9 Å². The SMILES string of the molecule is O=C(Nc1cncc(-c2cnc3[nH]nc(-c4nc5c(-c6ccsc6)nccc5[nH]4)c3c2)c1)c1ccccc1. The fourth-order valence-corrected chi connectivity index (χ4v) is 5.00. The van der Waals surface area contributed by atoms with E-state index >= 15 is 0 Å². The van der Waals surface area contributed by atoms with E-state index in [2.05, 4.69) is 40.8 Å². The summed E-state index contributed by atoms with van der Waals surface area (Å²) in [4.78, 5) is 34.3. The Morgan fingerprint density at radius 3 is 2.66 bits per heavy atom. The zero-order valence-electron chi connectivity index (χ0n) is 19.7. The van der Waals surface area contributed by atoms with Crippen LogP contribution in [0.1, 0.15) is 10.4 Å². The van der Waals surface area contributed by atoms with Crippen LogP contribution in [-0.4, -0.2) is 41.0 Å². The number of anilines is 1. The fourth-order valence-electron chi connectivity index (χ4n) is 4.36. The number of rotatable bonds is 5. The fraction of sp³-hybridized carbons (Fsp3) is 0. The van der Waals surface area contributed by atoms with Crippen molar-refractivity contribution in [2.45, 2.75) is 0 Å². The molecule has 0 saturated heterocycles. The largest absolute Gasteiger partial charge is 0.336 e. The Balaban J connectivity index is 1.25. The number of amides is 1. The van der Waals surface area contributed by atoms with Gasteiger partial charge in [-0.3, -0.25) is 19.9 Å². The topological polar surface area (TPSA) is 125 Å². The molecule has 10 heteroatoms. The lowest BCUT2D eigenvalue weighted by Gasteiger charge is -2.07. The summed E-state index contributed by atoms with van der Waals surface area (Å²) in [5.41, 5.74) is 7.62. The summed E-state index contributed by atoms with van der Waals surface area (Å²) in [6, 6.07) is 16.9. The summed E-state index contributed by atoms with van der Waals surface area (Å²) in [5.74, 6) is 0.424. The van der Waals surface area contributed by atoms with Gasteiger partial charge in [0.05, 0.1) is 28.5 Å². The number of thiophene rings is 1. The maximum absolute atomic E-state index is 12.6. The molecule has 38 heavy (non-hydrogen) atoms. The van der Waals surface area contributed by atoms with Gasteiger partial charge in [0.15, 0.2) is 11.5 Å². The monoisotopic (exact) mass is 514 g/mol. The first-order chi connectivity index (χ1) is 18.7. The number of nitrogens with zero attached hydrogens (tertiary/aromatic N) is 5. The Kier molecular flexibility index (Phi) is 5.22. The van der Waals surface area contributed by atoms with Crippen LogP contribution < -0.4 is 5.32 Å². The molecular weight excluding hydrogens is 496 g/mol. The average molecular weight is 515 g/mol. The van der Waals surface area contributed by atoms with E-state index in [1.54, 1.807) is 48.3 Å². The van der Waals surface area contributed by atoms with Crippen LogP contribution in [-0.2, 0) is 0 Å². The van der Waals surface area contributed by atoms with Gasteiger partial charge < -0.3 is 10.3 Å². The van der Waals surface area contributed by atoms with Gasteiger partial charge in [-0.15, -0.1) is 0 Å². The van der Waals surface area contributed by atoms with Gasteiger partial charge in [-0.25, -0.2) is 9.97 Å². The molecule has 0 saturated carbocycles. The summed E-state index contributed by atoms with van der Waals surface area (Å²) in [6.07, 6.45) is 6.88. The zero-order chi connectivity index (χ0) is 25.5. The van der Waals surface area contributed by atoms with Crippen molar-refractivity contribution in [2.24, 2.45) is 0 Å². The van der Waals surface area contributed by atoms with E-state index < -0.39 is 0 Å². The minimum Gasteiger partial charge on any atom is -0.336 e. The maximum Gasteiger partial charge on any atom is 0.255 e. The summed E-state index contributed by atoms with van der Waals surface area (Å²) < 4.78 is 0. The molecule has 0 radical (unpaired) electrons. The molecule has 0 unspecified atom stereocenters. The second-order valence-electron chi connectivity index (χ2n) is 8.63. The molecule has 182 valence electrons. The van der Waals surface area contributed by atoms with Crippen molar-refractivity contribution in [1.82, 2.24) is 35.1 Å². The summed E-state index contributed by atoms with van der Waals surface area (Å²) >= 11 is 1.62. The quantitative estimate of drug-likeness (QED) is 0.261. The lowest BCUT2D eigenvalue weighted by molar-refractivity contribution is 0.102. The summed E-state index contributed by atoms with van der Waals surface area (Å²) in [6.45, 7) is 0. The first kappa shape index (κ1) is 22.0. The normalized spacial score (nSPS) is 11.3. The minimum absolute atomic E-state index is 0.198. The van der Waals surface area contributed by atoms with Crippen LogP contribution >= 0.6 is 11.3 Å². The number of nitrogens with one attached hydrogen (secondary N) is 3. The van der Waals surface area contributed by atoms with Gasteiger partial charge in [-0.05, 0) is 41.8 Å². The van der Waals surface area contributed by atoms with Crippen molar-refractivity contribution in [1.29, 1.82) is 0 Å². The molecule has 9 nitrogen and oxygen atoms in total. The molecule has 3 N–H and O–H groups in total. The smallest absolute Gasteiger partial charge is 0.255 e. The van der Waals surface area contributed by atoms with Gasteiger partial charge in [0.1, 0.15) is 11.2 Å². The number of benzene rings is 1. The number of hydrogen-bond donors (Lipinski definition) is 3. The average Bonchev–Trinajstić information content (AvgIpc) is 3.73. The van der Waals surface area contributed by atoms with Crippen LogP contribution in [0.3, 0.4) is 0 Å². The van der Waals surface area contributed by atoms with Crippen molar-refractivity contribution >= 4 is 45.0 Å². The van der Waals surface area contributed by atoms with E-state index in [9.17, 15) is 4.79 Å². The molecule has 0 fully saturated rings. The van der Waals surface area contributed by atoms with Gasteiger partial charge >= 0.3 is 0 Å². The number of fused-ring (bicyclic) bond motifs is 2. The van der Waals surface area contributed by atoms with Crippen LogP contribution in [0.2, 0.25) is 0 Å². The standard InChI is InChI=1S/C28H18N8OS/c37-28(16-4-2-1-3-5-16)32-20-10-18(12-29-14-20)19-11-21-24(35-36-26(21)31-13-19)27-33-22-6-8-30-23(25(22)34-27)17-7-9-38-15-17/h1-15H,(H,32,37)(H,33,34)(H,31,35,36). The third-order valence-corrected chi connectivity index (χ3v) is 6.88. The Bertz CT molecular complexity index is 1930. The number of aromatic amines is 2. The zero-order valence-corrected chi connectivity index (χ0v) is 20.5. The molecule has 0 spiro atoms. The van der Waals surface area contributed by atoms with Gasteiger partial charge in [-0.2, -0.15) is 16.4 Å². The number of carbonyl (C=O) groups is 1. The minimum atomic E-state index is -0.198. The summed E-state index contributed by atoms with van der Waals surface area (Å²) in [5, 5.41) is 15.3. The molecule has 0 aliphatic carbocycles. The van der Waals surface area contributed by atoms with E-state index in [4.69, 9.17) is 4.98 Å². The Morgan fingerprint density at radius 1 is 0.895 bits per heavy atom. The van der Waals surface area contributed by atoms with Gasteiger partial charge in [0.25, 0.3) is 5.91 Å². The van der Waals surface area contributed by atoms with Crippen molar-refractivity contribution < 1.29 is 4.79 Å². The third-order valence-electron chi connectivity index (χ3n) is 6.20. The highest BCUT2D eigenvalue weighted by Crippen LogP contribution is 2.32. The van der Waals surface area contributed by atoms with E-state index in [1.807, 2.05) is 47.8 Å². The highest BCUT2D eigenvalue weighted by Gasteiger charge is 2.17. The predicted molar refractivity (Wildman–Crippen MR) is 148 cm³/mol. The third kappa shape index (κ3) is 3.89. The number of hydrogen-bond acceptors (Lipinski definition) is 7. The number of H-pyrrole nitrogens is 2. The van der Waals surface area contributed by atoms with E-state index in [-0.39, 0.29) is 5.91 Å². The molecule has 0 atom stereocenters. The number of imidazole rings is 1. The number of pyridine rings is 3. The molecule has 7 rings (SSSR count).